The van der Waals surface area contributed by atoms with E-state index in [4.69, 9.17) is 9.72 Å². The Morgan fingerprint density at radius 2 is 2.03 bits per heavy atom. The van der Waals surface area contributed by atoms with E-state index in [1.807, 2.05) is 18.5 Å². The molecule has 2 aliphatic rings. The molecule has 9 heteroatoms. The average Bonchev–Trinajstić information content (AvgIpc) is 3.19. The lowest BCUT2D eigenvalue weighted by molar-refractivity contribution is -0.0457. The first-order valence-corrected chi connectivity index (χ1v) is 13.2. The van der Waals surface area contributed by atoms with Crippen LogP contribution in [0.1, 0.15) is 75.6 Å². The Labute approximate surface area is 191 Å². The fourth-order valence-electron chi connectivity index (χ4n) is 4.77. The van der Waals surface area contributed by atoms with E-state index in [1.165, 1.54) is 0 Å². The van der Waals surface area contributed by atoms with E-state index in [2.05, 4.69) is 16.7 Å². The first-order chi connectivity index (χ1) is 15.4. The van der Waals surface area contributed by atoms with Gasteiger partial charge in [0.1, 0.15) is 5.75 Å². The molecule has 1 aliphatic carbocycles. The highest BCUT2D eigenvalue weighted by Gasteiger charge is 2.35. The van der Waals surface area contributed by atoms with Crippen molar-refractivity contribution in [2.45, 2.75) is 76.7 Å². The molecule has 32 heavy (non-hydrogen) atoms. The van der Waals surface area contributed by atoms with Gasteiger partial charge in [0.05, 0.1) is 24.1 Å². The van der Waals surface area contributed by atoms with Crippen LogP contribution in [0.15, 0.2) is 18.5 Å². The van der Waals surface area contributed by atoms with E-state index in [0.717, 1.165) is 42.6 Å². The number of nitrogens with zero attached hydrogens (tertiary/aromatic N) is 3. The average molecular weight is 469 g/mol. The normalized spacial score (nSPS) is 22.2. The lowest BCUT2D eigenvalue weighted by Crippen LogP contribution is -2.37. The smallest absolute Gasteiger partial charge is 0.248 e. The third-order valence-electron chi connectivity index (χ3n) is 6.76. The maximum absolute atomic E-state index is 13.5. The Morgan fingerprint density at radius 1 is 1.28 bits per heavy atom. The number of rotatable bonds is 9. The maximum atomic E-state index is 13.5. The summed E-state index contributed by atoms with van der Waals surface area (Å²) in [6.45, 7) is 3.53. The number of alkyl halides is 2. The van der Waals surface area contributed by atoms with Gasteiger partial charge in [-0.2, -0.15) is 5.10 Å². The van der Waals surface area contributed by atoms with Crippen LogP contribution in [0.25, 0.3) is 5.65 Å². The monoisotopic (exact) mass is 468 g/mol. The fourth-order valence-corrected chi connectivity index (χ4v) is 6.05. The summed E-state index contributed by atoms with van der Waals surface area (Å²) in [6, 6.07) is 1.96. The molecule has 1 saturated heterocycles. The molecule has 0 radical (unpaired) electrons. The van der Waals surface area contributed by atoms with Crippen molar-refractivity contribution in [1.82, 2.24) is 19.3 Å². The van der Waals surface area contributed by atoms with Crippen LogP contribution in [0.4, 0.5) is 8.78 Å². The van der Waals surface area contributed by atoms with Crippen molar-refractivity contribution in [1.29, 1.82) is 0 Å². The maximum Gasteiger partial charge on any atom is 0.248 e. The van der Waals surface area contributed by atoms with E-state index in [0.29, 0.717) is 44.1 Å². The highest BCUT2D eigenvalue weighted by molar-refractivity contribution is 7.89. The summed E-state index contributed by atoms with van der Waals surface area (Å²) in [5, 5.41) is 4.57. The minimum Gasteiger partial charge on any atom is -0.598 e. The summed E-state index contributed by atoms with van der Waals surface area (Å²) in [5.41, 5.74) is 2.63. The summed E-state index contributed by atoms with van der Waals surface area (Å²) < 4.78 is 50.2. The number of ether oxygens (including phenoxy) is 1. The van der Waals surface area contributed by atoms with Gasteiger partial charge in [-0.3, -0.25) is 0 Å². The second-order valence-electron chi connectivity index (χ2n) is 9.28. The van der Waals surface area contributed by atoms with E-state index in [1.54, 1.807) is 4.52 Å². The second kappa shape index (κ2) is 10.8. The summed E-state index contributed by atoms with van der Waals surface area (Å²) in [5.74, 6) is -1.29. The largest absolute Gasteiger partial charge is 0.598 e. The summed E-state index contributed by atoms with van der Waals surface area (Å²) in [6.07, 6.45) is 9.25. The third kappa shape index (κ3) is 6.18. The number of halogens is 2. The molecule has 2 aromatic heterocycles. The molecule has 2 atom stereocenters. The molecular formula is C23H34F2N4O2S. The van der Waals surface area contributed by atoms with E-state index >= 15 is 0 Å². The number of hydrogen-bond acceptors (Lipinski definition) is 5. The van der Waals surface area contributed by atoms with Crippen LogP contribution in [-0.4, -0.2) is 44.0 Å². The van der Waals surface area contributed by atoms with Crippen LogP contribution in [0.5, 0.6) is 0 Å². The minimum absolute atomic E-state index is 0.0267. The Kier molecular flexibility index (Phi) is 8.02. The number of nitrogens with one attached hydrogen (secondary N) is 1. The second-order valence-corrected chi connectivity index (χ2v) is 10.6. The van der Waals surface area contributed by atoms with Gasteiger partial charge in [0.2, 0.25) is 5.92 Å². The van der Waals surface area contributed by atoms with Gasteiger partial charge >= 0.3 is 0 Å². The molecule has 4 rings (SSSR count). The number of imidazole rings is 1. The highest BCUT2D eigenvalue weighted by atomic mass is 32.2. The molecular weight excluding hydrogens is 434 g/mol. The summed E-state index contributed by atoms with van der Waals surface area (Å²) in [4.78, 5) is 4.74. The molecule has 0 bridgehead atoms. The molecule has 0 amide bonds. The van der Waals surface area contributed by atoms with Crippen molar-refractivity contribution in [2.75, 3.05) is 19.0 Å². The molecule has 1 saturated carbocycles. The van der Waals surface area contributed by atoms with Crippen LogP contribution in [-0.2, 0) is 22.5 Å². The Balaban J connectivity index is 1.49. The van der Waals surface area contributed by atoms with Crippen LogP contribution >= 0.6 is 0 Å². The lowest BCUT2D eigenvalue weighted by Gasteiger charge is -2.31. The quantitative estimate of drug-likeness (QED) is 0.544. The van der Waals surface area contributed by atoms with Crippen LogP contribution in [0.3, 0.4) is 0 Å². The van der Waals surface area contributed by atoms with Gasteiger partial charge in [0.15, 0.2) is 5.65 Å². The standard InChI is InChI=1S/C23H34F2N4O2S/c1-2-3-12-32(30)28-22(18-6-10-31-11-7-18)19-14-21-27-20(16-29(21)26-15-19)13-17-4-8-23(24,25)9-5-17/h14-18,22,28H,2-13H2,1H3. The van der Waals surface area contributed by atoms with Crippen molar-refractivity contribution in [3.05, 3.63) is 29.7 Å². The molecule has 178 valence electrons. The summed E-state index contributed by atoms with van der Waals surface area (Å²) >= 11 is -1.10. The number of aromatic nitrogens is 3. The summed E-state index contributed by atoms with van der Waals surface area (Å²) in [7, 11) is 0. The highest BCUT2D eigenvalue weighted by Crippen LogP contribution is 2.37. The Hall–Kier alpha value is -1.29. The molecule has 6 nitrogen and oxygen atoms in total. The molecule has 2 aromatic rings. The van der Waals surface area contributed by atoms with Crippen LogP contribution in [0, 0.1) is 11.8 Å². The van der Waals surface area contributed by atoms with Gasteiger partial charge in [-0.15, -0.1) is 4.72 Å². The number of unbranched alkanes of at least 4 members (excludes halogenated alkanes) is 1. The zero-order valence-electron chi connectivity index (χ0n) is 18.8. The lowest BCUT2D eigenvalue weighted by atomic mass is 9.84. The van der Waals surface area contributed by atoms with Crippen molar-refractivity contribution < 1.29 is 18.1 Å². The fraction of sp³-hybridized carbons (Fsp3) is 0.739. The van der Waals surface area contributed by atoms with Crippen molar-refractivity contribution >= 4 is 17.0 Å². The zero-order valence-corrected chi connectivity index (χ0v) is 19.6. The van der Waals surface area contributed by atoms with Crippen molar-refractivity contribution in [3.63, 3.8) is 0 Å². The first-order valence-electron chi connectivity index (χ1n) is 11.9. The predicted octanol–water partition coefficient (Wildman–Crippen LogP) is 4.62. The van der Waals surface area contributed by atoms with Crippen LogP contribution in [0.2, 0.25) is 0 Å². The molecule has 0 spiro atoms. The Bertz CT molecular complexity index is 865. The number of hydrogen-bond donors (Lipinski definition) is 1. The third-order valence-corrected chi connectivity index (χ3v) is 7.94. The SMILES string of the molecule is CCCC[S+]([O-])NC(c1cnn2cc(CC3CCC(F)(F)CC3)nc2c1)C1CCOCC1. The van der Waals surface area contributed by atoms with Crippen molar-refractivity contribution in [2.24, 2.45) is 11.8 Å². The first kappa shape index (κ1) is 23.9. The molecule has 1 N–H and O–H groups in total. The number of fused-ring (bicyclic) bond motifs is 1. The topological polar surface area (TPSA) is 74.5 Å². The van der Waals surface area contributed by atoms with Gasteiger partial charge in [-0.1, -0.05) is 13.3 Å². The molecule has 1 aliphatic heterocycles. The van der Waals surface area contributed by atoms with Gasteiger partial charge < -0.3 is 9.29 Å². The minimum atomic E-state index is -2.50. The van der Waals surface area contributed by atoms with Gasteiger partial charge in [-0.25, -0.2) is 18.3 Å². The van der Waals surface area contributed by atoms with Gasteiger partial charge in [0, 0.05) is 37.4 Å². The Morgan fingerprint density at radius 3 is 2.75 bits per heavy atom. The molecule has 2 fully saturated rings. The van der Waals surface area contributed by atoms with E-state index < -0.39 is 17.3 Å². The zero-order chi connectivity index (χ0) is 22.6. The van der Waals surface area contributed by atoms with Crippen LogP contribution < -0.4 is 4.72 Å². The van der Waals surface area contributed by atoms with E-state index in [-0.39, 0.29) is 24.8 Å². The van der Waals surface area contributed by atoms with E-state index in [9.17, 15) is 13.3 Å². The molecule has 2 unspecified atom stereocenters. The molecule has 3 heterocycles. The molecule has 0 aromatic carbocycles. The van der Waals surface area contributed by atoms with Crippen molar-refractivity contribution in [3.8, 4) is 0 Å². The van der Waals surface area contributed by atoms with Gasteiger partial charge in [-0.05, 0) is 62.0 Å². The predicted molar refractivity (Wildman–Crippen MR) is 121 cm³/mol. The van der Waals surface area contributed by atoms with Gasteiger partial charge in [0.25, 0.3) is 0 Å².